The Morgan fingerprint density at radius 1 is 1.69 bits per heavy atom. The molecule has 0 bridgehead atoms. The molecule has 0 aliphatic heterocycles. The molecule has 1 aromatic rings. The number of nitrogens with zero attached hydrogens (tertiary/aromatic N) is 1. The van der Waals surface area contributed by atoms with Crippen LogP contribution in [0.15, 0.2) is 6.20 Å². The average molecular weight is 251 g/mol. The number of rotatable bonds is 3. The molecule has 0 radical (unpaired) electrons. The molecular weight excluding hydrogens is 242 g/mol. The van der Waals surface area contributed by atoms with E-state index in [1.165, 1.54) is 0 Å². The number of anilines is 1. The largest absolute Gasteiger partial charge is 0.465 e. The zero-order valence-corrected chi connectivity index (χ0v) is 9.09. The van der Waals surface area contributed by atoms with Gasteiger partial charge in [-0.15, -0.1) is 11.6 Å². The van der Waals surface area contributed by atoms with Crippen molar-refractivity contribution in [3.8, 4) is 0 Å². The predicted molar refractivity (Wildman–Crippen MR) is 54.5 cm³/mol. The number of nitrogens with two attached hydrogens (primary N) is 1. The highest BCUT2D eigenvalue weighted by molar-refractivity contribution is 6.18. The van der Waals surface area contributed by atoms with Gasteiger partial charge in [-0.05, 0) is 5.56 Å². The number of pyridine rings is 1. The van der Waals surface area contributed by atoms with E-state index in [-0.39, 0.29) is 22.8 Å². The molecular formula is C9H9ClF2N2O2. The molecule has 0 saturated heterocycles. The minimum absolute atomic E-state index is 0.0454. The highest BCUT2D eigenvalue weighted by Crippen LogP contribution is 2.29. The lowest BCUT2D eigenvalue weighted by Gasteiger charge is -2.12. The van der Waals surface area contributed by atoms with Gasteiger partial charge in [0.15, 0.2) is 0 Å². The van der Waals surface area contributed by atoms with Gasteiger partial charge in [0.2, 0.25) is 0 Å². The van der Waals surface area contributed by atoms with Gasteiger partial charge < -0.3 is 10.5 Å². The van der Waals surface area contributed by atoms with Crippen molar-refractivity contribution in [3.05, 3.63) is 22.9 Å². The Morgan fingerprint density at radius 2 is 2.31 bits per heavy atom. The Hall–Kier alpha value is -1.43. The number of halogens is 3. The van der Waals surface area contributed by atoms with Crippen LogP contribution in [0.5, 0.6) is 0 Å². The highest BCUT2D eigenvalue weighted by atomic mass is 35.5. The van der Waals surface area contributed by atoms with Gasteiger partial charge in [0.1, 0.15) is 11.4 Å². The van der Waals surface area contributed by atoms with Crippen molar-refractivity contribution >= 4 is 23.4 Å². The Bertz CT molecular complexity index is 413. The highest BCUT2D eigenvalue weighted by Gasteiger charge is 2.23. The summed E-state index contributed by atoms with van der Waals surface area (Å²) in [5.74, 6) is -1.27. The third-order valence-electron chi connectivity index (χ3n) is 2.01. The molecule has 0 fully saturated rings. The zero-order valence-electron chi connectivity index (χ0n) is 8.34. The molecule has 0 saturated carbocycles. The number of carbonyl (C=O) groups excluding carboxylic acids is 1. The Morgan fingerprint density at radius 3 is 2.75 bits per heavy atom. The predicted octanol–water partition coefficient (Wildman–Crippen LogP) is 2.13. The minimum atomic E-state index is -2.77. The number of nitrogen functional groups attached to an aromatic ring is 1. The summed E-state index contributed by atoms with van der Waals surface area (Å²) in [5.41, 5.74) is 4.77. The van der Waals surface area contributed by atoms with Gasteiger partial charge in [-0.1, -0.05) is 0 Å². The quantitative estimate of drug-likeness (QED) is 0.659. The molecule has 1 heterocycles. The second kappa shape index (κ2) is 5.07. The number of hydrogen-bond acceptors (Lipinski definition) is 4. The topological polar surface area (TPSA) is 65.2 Å². The van der Waals surface area contributed by atoms with Gasteiger partial charge in [-0.2, -0.15) is 0 Å². The third kappa shape index (κ3) is 2.21. The Balaban J connectivity index is 3.44. The molecule has 16 heavy (non-hydrogen) atoms. The summed E-state index contributed by atoms with van der Waals surface area (Å²) in [4.78, 5) is 14.9. The van der Waals surface area contributed by atoms with Crippen LogP contribution in [0.3, 0.4) is 0 Å². The normalized spacial score (nSPS) is 10.6. The molecule has 1 aromatic heterocycles. The fraction of sp³-hybridized carbons (Fsp3) is 0.333. The van der Waals surface area contributed by atoms with Crippen LogP contribution in [0.4, 0.5) is 14.6 Å². The van der Waals surface area contributed by atoms with E-state index >= 15 is 0 Å². The lowest BCUT2D eigenvalue weighted by Crippen LogP contribution is -2.13. The number of hydrogen-bond donors (Lipinski definition) is 1. The molecule has 7 heteroatoms. The third-order valence-corrected chi connectivity index (χ3v) is 2.27. The lowest BCUT2D eigenvalue weighted by atomic mass is 10.1. The lowest BCUT2D eigenvalue weighted by molar-refractivity contribution is 0.0600. The molecule has 0 aliphatic carbocycles. The summed E-state index contributed by atoms with van der Waals surface area (Å²) in [7, 11) is 1.12. The SMILES string of the molecule is COC(=O)c1c(N)ncc(C(F)F)c1CCl. The summed E-state index contributed by atoms with van der Waals surface area (Å²) in [6.07, 6.45) is -1.87. The molecule has 0 aliphatic rings. The van der Waals surface area contributed by atoms with Gasteiger partial charge >= 0.3 is 5.97 Å². The summed E-state index contributed by atoms with van der Waals surface area (Å²) in [5, 5.41) is 0. The van der Waals surface area contributed by atoms with E-state index in [9.17, 15) is 13.6 Å². The summed E-state index contributed by atoms with van der Waals surface area (Å²) >= 11 is 5.53. The van der Waals surface area contributed by atoms with Crippen molar-refractivity contribution < 1.29 is 18.3 Å². The van der Waals surface area contributed by atoms with Crippen molar-refractivity contribution in [3.63, 3.8) is 0 Å². The Labute approximate surface area is 95.4 Å². The van der Waals surface area contributed by atoms with Crippen LogP contribution in [0.25, 0.3) is 0 Å². The monoisotopic (exact) mass is 250 g/mol. The Kier molecular flexibility index (Phi) is 4.00. The maximum Gasteiger partial charge on any atom is 0.341 e. The standard InChI is InChI=1S/C9H9ClF2N2O2/c1-16-9(15)6-4(2-10)5(7(11)12)3-14-8(6)13/h3,7H,2H2,1H3,(H2,13,14). The van der Waals surface area contributed by atoms with E-state index in [1.807, 2.05) is 0 Å². The van der Waals surface area contributed by atoms with Crippen molar-refractivity contribution in [2.75, 3.05) is 12.8 Å². The van der Waals surface area contributed by atoms with Crippen molar-refractivity contribution in [2.24, 2.45) is 0 Å². The first-order valence-corrected chi connectivity index (χ1v) is 4.76. The molecule has 0 amide bonds. The van der Waals surface area contributed by atoms with Crippen LogP contribution in [-0.4, -0.2) is 18.1 Å². The van der Waals surface area contributed by atoms with Crippen LogP contribution in [-0.2, 0) is 10.6 Å². The van der Waals surface area contributed by atoms with E-state index in [0.29, 0.717) is 0 Å². The van der Waals surface area contributed by atoms with E-state index in [4.69, 9.17) is 17.3 Å². The van der Waals surface area contributed by atoms with Crippen LogP contribution in [0.2, 0.25) is 0 Å². The number of esters is 1. The number of carbonyl (C=O) groups is 1. The second-order valence-electron chi connectivity index (χ2n) is 2.88. The maximum absolute atomic E-state index is 12.6. The van der Waals surface area contributed by atoms with E-state index < -0.39 is 18.0 Å². The number of aromatic nitrogens is 1. The molecule has 2 N–H and O–H groups in total. The van der Waals surface area contributed by atoms with E-state index in [0.717, 1.165) is 13.3 Å². The molecule has 0 aromatic carbocycles. The van der Waals surface area contributed by atoms with Gasteiger partial charge in [0.05, 0.1) is 7.11 Å². The molecule has 88 valence electrons. The summed E-state index contributed by atoms with van der Waals surface area (Å²) in [6, 6.07) is 0. The summed E-state index contributed by atoms with van der Waals surface area (Å²) in [6.45, 7) is 0. The van der Waals surface area contributed by atoms with Crippen LogP contribution in [0.1, 0.15) is 27.9 Å². The number of ether oxygens (including phenoxy) is 1. The van der Waals surface area contributed by atoms with Crippen molar-refractivity contribution in [1.29, 1.82) is 0 Å². The van der Waals surface area contributed by atoms with E-state index in [1.54, 1.807) is 0 Å². The van der Waals surface area contributed by atoms with Crippen LogP contribution >= 0.6 is 11.6 Å². The smallest absolute Gasteiger partial charge is 0.341 e. The van der Waals surface area contributed by atoms with Gasteiger partial charge in [-0.3, -0.25) is 0 Å². The zero-order chi connectivity index (χ0) is 12.3. The van der Waals surface area contributed by atoms with E-state index in [2.05, 4.69) is 9.72 Å². The second-order valence-corrected chi connectivity index (χ2v) is 3.15. The van der Waals surface area contributed by atoms with Crippen molar-refractivity contribution in [1.82, 2.24) is 4.98 Å². The first kappa shape index (κ1) is 12.6. The van der Waals surface area contributed by atoms with Gasteiger partial charge in [-0.25, -0.2) is 18.6 Å². The van der Waals surface area contributed by atoms with Gasteiger partial charge in [0.25, 0.3) is 6.43 Å². The average Bonchev–Trinajstić information content (AvgIpc) is 2.26. The van der Waals surface area contributed by atoms with Crippen LogP contribution in [0, 0.1) is 0 Å². The van der Waals surface area contributed by atoms with Crippen LogP contribution < -0.4 is 5.73 Å². The minimum Gasteiger partial charge on any atom is -0.465 e. The summed E-state index contributed by atoms with van der Waals surface area (Å²) < 4.78 is 29.6. The number of methoxy groups -OCH3 is 1. The first-order valence-electron chi connectivity index (χ1n) is 4.22. The molecule has 0 unspecified atom stereocenters. The molecule has 1 rings (SSSR count). The first-order chi connectivity index (χ1) is 7.52. The molecule has 0 atom stereocenters. The maximum atomic E-state index is 12.6. The van der Waals surface area contributed by atoms with Gasteiger partial charge in [0, 0.05) is 17.6 Å². The fourth-order valence-corrected chi connectivity index (χ4v) is 1.53. The molecule has 4 nitrogen and oxygen atoms in total. The fourth-order valence-electron chi connectivity index (χ4n) is 1.24. The van der Waals surface area contributed by atoms with Crippen molar-refractivity contribution in [2.45, 2.75) is 12.3 Å². The molecule has 0 spiro atoms. The number of alkyl halides is 3.